The fourth-order valence-corrected chi connectivity index (χ4v) is 2.58. The molecule has 1 aromatic rings. The maximum absolute atomic E-state index is 12.2. The molecule has 116 valence electrons. The normalized spacial score (nSPS) is 16.4. The first-order chi connectivity index (χ1) is 9.91. The van der Waals surface area contributed by atoms with E-state index in [2.05, 4.69) is 0 Å². The van der Waals surface area contributed by atoms with Crippen LogP contribution < -0.4 is 4.74 Å². The van der Waals surface area contributed by atoms with E-state index in [0.717, 1.165) is 29.7 Å². The molecular formula is C17H24O4. The van der Waals surface area contributed by atoms with Crippen LogP contribution in [-0.2, 0) is 25.3 Å². The van der Waals surface area contributed by atoms with Crippen LogP contribution in [0, 0.1) is 0 Å². The Morgan fingerprint density at radius 1 is 1.29 bits per heavy atom. The second-order valence-electron chi connectivity index (χ2n) is 5.93. The standard InChI is InChI=1S/C17H24O4/c1-6-21-14-8-7-12(16(2,3)20-5)11-13(14)17(9-10-17)15(18)19-4/h7-8,11H,6,9-10H2,1-5H3. The van der Waals surface area contributed by atoms with Gasteiger partial charge in [-0.15, -0.1) is 0 Å². The van der Waals surface area contributed by atoms with E-state index in [1.807, 2.05) is 39.0 Å². The summed E-state index contributed by atoms with van der Waals surface area (Å²) < 4.78 is 16.2. The zero-order valence-electron chi connectivity index (χ0n) is 13.5. The summed E-state index contributed by atoms with van der Waals surface area (Å²) in [5.41, 5.74) is 0.988. The number of ether oxygens (including phenoxy) is 3. The zero-order chi connectivity index (χ0) is 15.7. The molecule has 1 aliphatic rings. The Balaban J connectivity index is 2.51. The van der Waals surface area contributed by atoms with Crippen molar-refractivity contribution in [3.8, 4) is 5.75 Å². The smallest absolute Gasteiger partial charge is 0.316 e. The molecule has 4 heteroatoms. The molecular weight excluding hydrogens is 268 g/mol. The van der Waals surface area contributed by atoms with Gasteiger partial charge in [0.2, 0.25) is 0 Å². The van der Waals surface area contributed by atoms with Crippen LogP contribution >= 0.6 is 0 Å². The van der Waals surface area contributed by atoms with Gasteiger partial charge in [-0.1, -0.05) is 6.07 Å². The van der Waals surface area contributed by atoms with Gasteiger partial charge in [0.1, 0.15) is 5.75 Å². The van der Waals surface area contributed by atoms with E-state index in [4.69, 9.17) is 14.2 Å². The first-order valence-corrected chi connectivity index (χ1v) is 7.32. The van der Waals surface area contributed by atoms with Crippen LogP contribution in [0.4, 0.5) is 0 Å². The lowest BCUT2D eigenvalue weighted by Gasteiger charge is -2.26. The summed E-state index contributed by atoms with van der Waals surface area (Å²) in [4.78, 5) is 12.2. The van der Waals surface area contributed by atoms with E-state index in [1.54, 1.807) is 7.11 Å². The number of carbonyl (C=O) groups is 1. The minimum atomic E-state index is -0.543. The number of benzene rings is 1. The van der Waals surface area contributed by atoms with Crippen molar-refractivity contribution in [2.24, 2.45) is 0 Å². The quantitative estimate of drug-likeness (QED) is 0.755. The van der Waals surface area contributed by atoms with Gasteiger partial charge in [-0.25, -0.2) is 0 Å². The van der Waals surface area contributed by atoms with Crippen molar-refractivity contribution < 1.29 is 19.0 Å². The van der Waals surface area contributed by atoms with E-state index in [0.29, 0.717) is 6.61 Å². The molecule has 2 rings (SSSR count). The van der Waals surface area contributed by atoms with Gasteiger partial charge < -0.3 is 14.2 Å². The third-order valence-electron chi connectivity index (χ3n) is 4.33. The molecule has 0 saturated heterocycles. The molecule has 4 nitrogen and oxygen atoms in total. The monoisotopic (exact) mass is 292 g/mol. The summed E-state index contributed by atoms with van der Waals surface area (Å²) in [6.45, 7) is 6.51. The Morgan fingerprint density at radius 3 is 2.43 bits per heavy atom. The van der Waals surface area contributed by atoms with E-state index in [9.17, 15) is 4.79 Å². The van der Waals surface area contributed by atoms with Gasteiger partial charge in [0.05, 0.1) is 24.7 Å². The molecule has 1 fully saturated rings. The topological polar surface area (TPSA) is 44.8 Å². The lowest BCUT2D eigenvalue weighted by Crippen LogP contribution is -2.25. The van der Waals surface area contributed by atoms with Crippen LogP contribution in [0.3, 0.4) is 0 Å². The largest absolute Gasteiger partial charge is 0.494 e. The van der Waals surface area contributed by atoms with Crippen LogP contribution in [0.15, 0.2) is 18.2 Å². The van der Waals surface area contributed by atoms with Crippen molar-refractivity contribution in [1.29, 1.82) is 0 Å². The number of hydrogen-bond donors (Lipinski definition) is 0. The van der Waals surface area contributed by atoms with Crippen LogP contribution in [0.2, 0.25) is 0 Å². The van der Waals surface area contributed by atoms with Crippen LogP contribution in [0.1, 0.15) is 44.7 Å². The second-order valence-corrected chi connectivity index (χ2v) is 5.93. The van der Waals surface area contributed by atoms with E-state index in [1.165, 1.54) is 7.11 Å². The van der Waals surface area contributed by atoms with Gasteiger partial charge in [-0.3, -0.25) is 4.79 Å². The number of carbonyl (C=O) groups excluding carboxylic acids is 1. The zero-order valence-corrected chi connectivity index (χ0v) is 13.5. The van der Waals surface area contributed by atoms with Crippen molar-refractivity contribution in [2.45, 2.75) is 44.6 Å². The summed E-state index contributed by atoms with van der Waals surface area (Å²) >= 11 is 0. The Labute approximate surface area is 126 Å². The fraction of sp³-hybridized carbons (Fsp3) is 0.588. The van der Waals surface area contributed by atoms with Gasteiger partial charge in [-0.05, 0) is 51.3 Å². The molecule has 0 unspecified atom stereocenters. The van der Waals surface area contributed by atoms with Crippen molar-refractivity contribution >= 4 is 5.97 Å². The minimum absolute atomic E-state index is 0.184. The van der Waals surface area contributed by atoms with Gasteiger partial charge in [-0.2, -0.15) is 0 Å². The number of esters is 1. The third-order valence-corrected chi connectivity index (χ3v) is 4.33. The summed E-state index contributed by atoms with van der Waals surface area (Å²) in [6.07, 6.45) is 1.60. The molecule has 0 heterocycles. The highest BCUT2D eigenvalue weighted by Gasteiger charge is 2.54. The fourth-order valence-electron chi connectivity index (χ4n) is 2.58. The Hall–Kier alpha value is -1.55. The molecule has 21 heavy (non-hydrogen) atoms. The molecule has 0 aliphatic heterocycles. The first kappa shape index (κ1) is 15.8. The Bertz CT molecular complexity index is 530. The molecule has 0 bridgehead atoms. The van der Waals surface area contributed by atoms with Crippen molar-refractivity contribution in [1.82, 2.24) is 0 Å². The SMILES string of the molecule is CCOc1ccc(C(C)(C)OC)cc1C1(C(=O)OC)CC1. The molecule has 1 aliphatic carbocycles. The van der Waals surface area contributed by atoms with Crippen LogP contribution in [0.5, 0.6) is 5.75 Å². The van der Waals surface area contributed by atoms with Gasteiger partial charge in [0.25, 0.3) is 0 Å². The number of rotatable bonds is 6. The second kappa shape index (κ2) is 5.68. The lowest BCUT2D eigenvalue weighted by molar-refractivity contribution is -0.143. The maximum atomic E-state index is 12.2. The average Bonchev–Trinajstić information content (AvgIpc) is 3.28. The third kappa shape index (κ3) is 2.77. The summed E-state index contributed by atoms with van der Waals surface area (Å²) in [5, 5.41) is 0. The van der Waals surface area contributed by atoms with Gasteiger partial charge in [0, 0.05) is 12.7 Å². The van der Waals surface area contributed by atoms with Crippen LogP contribution in [0.25, 0.3) is 0 Å². The molecule has 0 spiro atoms. The molecule has 1 aromatic carbocycles. The lowest BCUT2D eigenvalue weighted by atomic mass is 9.89. The van der Waals surface area contributed by atoms with Crippen molar-refractivity contribution in [3.63, 3.8) is 0 Å². The molecule has 0 radical (unpaired) electrons. The molecule has 0 aromatic heterocycles. The number of hydrogen-bond acceptors (Lipinski definition) is 4. The summed E-state index contributed by atoms with van der Waals surface area (Å²) in [7, 11) is 3.12. The highest BCUT2D eigenvalue weighted by atomic mass is 16.5. The highest BCUT2D eigenvalue weighted by molar-refractivity contribution is 5.87. The first-order valence-electron chi connectivity index (χ1n) is 7.32. The molecule has 0 N–H and O–H groups in total. The summed E-state index contributed by atoms with van der Waals surface area (Å²) in [5.74, 6) is 0.576. The van der Waals surface area contributed by atoms with E-state index in [-0.39, 0.29) is 5.97 Å². The van der Waals surface area contributed by atoms with E-state index < -0.39 is 11.0 Å². The Kier molecular flexibility index (Phi) is 4.28. The minimum Gasteiger partial charge on any atom is -0.494 e. The Morgan fingerprint density at radius 2 is 1.95 bits per heavy atom. The summed E-state index contributed by atoms with van der Waals surface area (Å²) in [6, 6.07) is 5.95. The number of methoxy groups -OCH3 is 2. The predicted octanol–water partition coefficient (Wildman–Crippen LogP) is 3.17. The average molecular weight is 292 g/mol. The van der Waals surface area contributed by atoms with E-state index >= 15 is 0 Å². The van der Waals surface area contributed by atoms with Crippen LogP contribution in [-0.4, -0.2) is 26.8 Å². The van der Waals surface area contributed by atoms with Gasteiger partial charge >= 0.3 is 5.97 Å². The molecule has 0 amide bonds. The highest BCUT2D eigenvalue weighted by Crippen LogP contribution is 2.53. The molecule has 1 saturated carbocycles. The van der Waals surface area contributed by atoms with Crippen molar-refractivity contribution in [3.05, 3.63) is 29.3 Å². The maximum Gasteiger partial charge on any atom is 0.316 e. The molecule has 0 atom stereocenters. The predicted molar refractivity (Wildman–Crippen MR) is 80.6 cm³/mol. The van der Waals surface area contributed by atoms with Crippen molar-refractivity contribution in [2.75, 3.05) is 20.8 Å². The van der Waals surface area contributed by atoms with Gasteiger partial charge in [0.15, 0.2) is 0 Å².